The van der Waals surface area contributed by atoms with Gasteiger partial charge in [-0.1, -0.05) is 159 Å². The largest absolute Gasteiger partial charge is 0.310 e. The Kier molecular flexibility index (Phi) is 6.91. The monoisotopic (exact) mass is 663 g/mol. The van der Waals surface area contributed by atoms with Gasteiger partial charge in [0.25, 0.3) is 0 Å². The van der Waals surface area contributed by atoms with Gasteiger partial charge in [0, 0.05) is 22.5 Å². The number of rotatable bonds is 5. The second kappa shape index (κ2) is 11.8. The molecule has 9 aromatic rings. The van der Waals surface area contributed by atoms with Gasteiger partial charge in [-0.15, -0.1) is 0 Å². The van der Waals surface area contributed by atoms with Crippen molar-refractivity contribution in [3.63, 3.8) is 0 Å². The van der Waals surface area contributed by atoms with E-state index in [0.29, 0.717) is 0 Å². The predicted molar refractivity (Wildman–Crippen MR) is 222 cm³/mol. The van der Waals surface area contributed by atoms with Crippen molar-refractivity contribution in [2.45, 2.75) is 19.3 Å². The van der Waals surface area contributed by atoms with Gasteiger partial charge in [-0.2, -0.15) is 0 Å². The van der Waals surface area contributed by atoms with Gasteiger partial charge in [0.05, 0.1) is 0 Å². The molecule has 1 aliphatic carbocycles. The predicted octanol–water partition coefficient (Wildman–Crippen LogP) is 14.3. The van der Waals surface area contributed by atoms with Crippen molar-refractivity contribution in [2.24, 2.45) is 0 Å². The molecule has 246 valence electrons. The number of para-hydroxylation sites is 1. The van der Waals surface area contributed by atoms with Gasteiger partial charge < -0.3 is 4.90 Å². The topological polar surface area (TPSA) is 3.24 Å². The first-order chi connectivity index (χ1) is 25.6. The van der Waals surface area contributed by atoms with E-state index in [1.807, 2.05) is 0 Å². The second-order valence-electron chi connectivity index (χ2n) is 14.5. The average molecular weight is 664 g/mol. The molecule has 52 heavy (non-hydrogen) atoms. The van der Waals surface area contributed by atoms with E-state index in [0.717, 1.165) is 17.1 Å². The Balaban J connectivity index is 1.11. The Hall–Kier alpha value is -6.44. The summed E-state index contributed by atoms with van der Waals surface area (Å²) in [7, 11) is 0. The molecule has 0 aliphatic heterocycles. The molecule has 0 amide bonds. The number of benzene rings is 9. The third kappa shape index (κ3) is 4.70. The zero-order chi connectivity index (χ0) is 34.8. The van der Waals surface area contributed by atoms with Crippen LogP contribution in [0.5, 0.6) is 0 Å². The smallest absolute Gasteiger partial charge is 0.0467 e. The Morgan fingerprint density at radius 3 is 1.60 bits per heavy atom. The third-order valence-electron chi connectivity index (χ3n) is 11.2. The number of anilines is 3. The molecule has 9 aromatic carbocycles. The minimum absolute atomic E-state index is 0.0776. The van der Waals surface area contributed by atoms with Crippen LogP contribution in [0, 0.1) is 0 Å². The normalized spacial score (nSPS) is 13.0. The highest BCUT2D eigenvalue weighted by molar-refractivity contribution is 6.28. The molecule has 0 fully saturated rings. The Bertz CT molecular complexity index is 2780. The van der Waals surface area contributed by atoms with Crippen molar-refractivity contribution in [3.8, 4) is 33.4 Å². The molecule has 0 bridgehead atoms. The van der Waals surface area contributed by atoms with Crippen LogP contribution in [0.3, 0.4) is 0 Å². The van der Waals surface area contributed by atoms with Crippen LogP contribution in [0.15, 0.2) is 188 Å². The average Bonchev–Trinajstić information content (AvgIpc) is 3.44. The molecule has 0 saturated heterocycles. The van der Waals surface area contributed by atoms with Gasteiger partial charge in [-0.3, -0.25) is 0 Å². The van der Waals surface area contributed by atoms with Crippen LogP contribution >= 0.6 is 0 Å². The first-order valence-electron chi connectivity index (χ1n) is 18.2. The summed E-state index contributed by atoms with van der Waals surface area (Å²) in [5.74, 6) is 0. The van der Waals surface area contributed by atoms with Crippen LogP contribution in [0.2, 0.25) is 0 Å². The van der Waals surface area contributed by atoms with Crippen LogP contribution in [-0.4, -0.2) is 0 Å². The molecular weight excluding hydrogens is 627 g/mol. The summed E-state index contributed by atoms with van der Waals surface area (Å²) in [4.78, 5) is 2.40. The van der Waals surface area contributed by atoms with Crippen LogP contribution in [0.25, 0.3) is 65.7 Å². The lowest BCUT2D eigenvalue weighted by Gasteiger charge is -2.28. The van der Waals surface area contributed by atoms with Crippen molar-refractivity contribution < 1.29 is 0 Å². The number of nitrogens with zero attached hydrogens (tertiary/aromatic N) is 1. The lowest BCUT2D eigenvalue weighted by molar-refractivity contribution is 0.660. The van der Waals surface area contributed by atoms with E-state index in [1.54, 1.807) is 0 Å². The standard InChI is InChI=1S/C51H37N/c1-51(2)48-28-11-10-24-44(48)45-30-29-39(33-49(45)51)52(37-18-4-3-5-19-37)38-20-13-16-35(32-38)34-15-12-17-36(31-34)40-26-14-27-47-43-22-7-6-21-41(43)42-23-8-9-25-46(42)50(40)47/h3-33H,1-2H3. The summed E-state index contributed by atoms with van der Waals surface area (Å²) in [6, 6.07) is 69.1. The van der Waals surface area contributed by atoms with Crippen LogP contribution in [0.1, 0.15) is 25.0 Å². The lowest BCUT2D eigenvalue weighted by atomic mass is 9.82. The van der Waals surface area contributed by atoms with Gasteiger partial charge in [-0.25, -0.2) is 0 Å². The highest BCUT2D eigenvalue weighted by Gasteiger charge is 2.35. The van der Waals surface area contributed by atoms with Crippen LogP contribution in [-0.2, 0) is 5.41 Å². The third-order valence-corrected chi connectivity index (χ3v) is 11.2. The van der Waals surface area contributed by atoms with Crippen LogP contribution < -0.4 is 4.90 Å². The minimum atomic E-state index is -0.0776. The first kappa shape index (κ1) is 30.4. The van der Waals surface area contributed by atoms with Gasteiger partial charge in [0.15, 0.2) is 0 Å². The zero-order valence-corrected chi connectivity index (χ0v) is 29.3. The molecule has 0 N–H and O–H groups in total. The summed E-state index contributed by atoms with van der Waals surface area (Å²) in [5.41, 5.74) is 13.6. The maximum absolute atomic E-state index is 2.41. The number of hydrogen-bond donors (Lipinski definition) is 0. The summed E-state index contributed by atoms with van der Waals surface area (Å²) < 4.78 is 0. The van der Waals surface area contributed by atoms with Gasteiger partial charge >= 0.3 is 0 Å². The molecule has 1 nitrogen and oxygen atoms in total. The van der Waals surface area contributed by atoms with Crippen LogP contribution in [0.4, 0.5) is 17.1 Å². The molecule has 0 heterocycles. The summed E-state index contributed by atoms with van der Waals surface area (Å²) in [6.07, 6.45) is 0. The summed E-state index contributed by atoms with van der Waals surface area (Å²) in [6.45, 7) is 4.70. The summed E-state index contributed by atoms with van der Waals surface area (Å²) in [5, 5.41) is 7.77. The molecule has 0 saturated carbocycles. The van der Waals surface area contributed by atoms with Crippen molar-refractivity contribution in [1.29, 1.82) is 0 Å². The Morgan fingerprint density at radius 1 is 0.327 bits per heavy atom. The quantitative estimate of drug-likeness (QED) is 0.166. The summed E-state index contributed by atoms with van der Waals surface area (Å²) >= 11 is 0. The fourth-order valence-electron chi connectivity index (χ4n) is 8.74. The Morgan fingerprint density at radius 2 is 0.827 bits per heavy atom. The highest BCUT2D eigenvalue weighted by Crippen LogP contribution is 2.51. The molecule has 0 unspecified atom stereocenters. The Labute approximate surface area is 305 Å². The molecule has 0 radical (unpaired) electrons. The van der Waals surface area contributed by atoms with Crippen molar-refractivity contribution >= 4 is 49.4 Å². The van der Waals surface area contributed by atoms with Crippen molar-refractivity contribution in [3.05, 3.63) is 199 Å². The van der Waals surface area contributed by atoms with E-state index in [9.17, 15) is 0 Å². The van der Waals surface area contributed by atoms with E-state index in [4.69, 9.17) is 0 Å². The molecule has 10 rings (SSSR count). The van der Waals surface area contributed by atoms with Gasteiger partial charge in [0.2, 0.25) is 0 Å². The van der Waals surface area contributed by atoms with E-state index in [1.165, 1.54) is 76.8 Å². The second-order valence-corrected chi connectivity index (χ2v) is 14.5. The fraction of sp³-hybridized carbons (Fsp3) is 0.0588. The SMILES string of the molecule is CC1(C)c2ccccc2-c2ccc(N(c3ccccc3)c3cccc(-c4cccc(-c5cccc6c7ccccc7c7ccccc7c56)c4)c3)cc21. The van der Waals surface area contributed by atoms with E-state index < -0.39 is 0 Å². The fourth-order valence-corrected chi connectivity index (χ4v) is 8.74. The van der Waals surface area contributed by atoms with Gasteiger partial charge in [0.1, 0.15) is 0 Å². The van der Waals surface area contributed by atoms with Crippen molar-refractivity contribution in [2.75, 3.05) is 4.90 Å². The lowest BCUT2D eigenvalue weighted by Crippen LogP contribution is -2.16. The first-order valence-corrected chi connectivity index (χ1v) is 18.2. The molecule has 0 aromatic heterocycles. The number of hydrogen-bond acceptors (Lipinski definition) is 1. The van der Waals surface area contributed by atoms with Crippen molar-refractivity contribution in [1.82, 2.24) is 0 Å². The van der Waals surface area contributed by atoms with E-state index >= 15 is 0 Å². The molecular formula is C51H37N. The maximum Gasteiger partial charge on any atom is 0.0467 e. The molecule has 0 spiro atoms. The minimum Gasteiger partial charge on any atom is -0.310 e. The zero-order valence-electron chi connectivity index (χ0n) is 29.3. The molecule has 1 heteroatoms. The van der Waals surface area contributed by atoms with E-state index in [2.05, 4.69) is 207 Å². The van der Waals surface area contributed by atoms with Gasteiger partial charge in [-0.05, 0) is 119 Å². The maximum atomic E-state index is 2.41. The molecule has 1 aliphatic rings. The van der Waals surface area contributed by atoms with E-state index in [-0.39, 0.29) is 5.41 Å². The highest BCUT2D eigenvalue weighted by atomic mass is 15.1. The number of fused-ring (bicyclic) bond motifs is 9. The molecule has 0 atom stereocenters.